The van der Waals surface area contributed by atoms with Crippen LogP contribution < -0.4 is 10.2 Å². The number of carbonyl (C=O) groups is 3. The second-order valence-corrected chi connectivity index (χ2v) is 10.0. The summed E-state index contributed by atoms with van der Waals surface area (Å²) < 4.78 is 0.602. The van der Waals surface area contributed by atoms with Gasteiger partial charge in [-0.15, -0.1) is 10.2 Å². The lowest BCUT2D eigenvalue weighted by Crippen LogP contribution is -2.30. The van der Waals surface area contributed by atoms with E-state index in [4.69, 9.17) is 0 Å². The molecule has 0 bridgehead atoms. The van der Waals surface area contributed by atoms with Crippen LogP contribution in [0.15, 0.2) is 83.2 Å². The van der Waals surface area contributed by atoms with Gasteiger partial charge in [-0.05, 0) is 30.2 Å². The average Bonchev–Trinajstić information content (AvgIpc) is 3.54. The molecule has 9 heteroatoms. The minimum Gasteiger partial charge on any atom is -0.311 e. The first-order valence-corrected chi connectivity index (χ1v) is 12.7. The summed E-state index contributed by atoms with van der Waals surface area (Å²) >= 11 is 2.52. The minimum atomic E-state index is -0.346. The number of anilines is 2. The molecule has 0 fully saturated rings. The Morgan fingerprint density at radius 2 is 1.54 bits per heavy atom. The number of rotatable bonds is 7. The van der Waals surface area contributed by atoms with Gasteiger partial charge in [0.15, 0.2) is 10.1 Å². The number of nitrogens with one attached hydrogen (secondary N) is 1. The van der Waals surface area contributed by atoms with Gasteiger partial charge >= 0.3 is 0 Å². The highest BCUT2D eigenvalue weighted by molar-refractivity contribution is 8.01. The Hall–Kier alpha value is -3.82. The van der Waals surface area contributed by atoms with Crippen molar-refractivity contribution in [1.82, 2.24) is 10.2 Å². The van der Waals surface area contributed by atoms with Crippen LogP contribution in [0.4, 0.5) is 10.8 Å². The molecule has 0 saturated heterocycles. The molecule has 1 N–H and O–H groups in total. The lowest BCUT2D eigenvalue weighted by molar-refractivity contribution is -0.116. The topological polar surface area (TPSA) is 92.3 Å². The number of para-hydroxylation sites is 1. The Morgan fingerprint density at radius 3 is 2.34 bits per heavy atom. The van der Waals surface area contributed by atoms with Crippen LogP contribution >= 0.6 is 23.1 Å². The number of hydrogen-bond acceptors (Lipinski definition) is 7. The van der Waals surface area contributed by atoms with Crippen molar-refractivity contribution >= 4 is 51.5 Å². The predicted molar refractivity (Wildman–Crippen MR) is 137 cm³/mol. The highest BCUT2D eigenvalue weighted by Crippen LogP contribution is 2.30. The third-order valence-corrected chi connectivity index (χ3v) is 7.54. The predicted octanol–water partition coefficient (Wildman–Crippen LogP) is 4.70. The summed E-state index contributed by atoms with van der Waals surface area (Å²) in [5.41, 5.74) is 3.66. The summed E-state index contributed by atoms with van der Waals surface area (Å²) in [6.45, 7) is 0.686. The van der Waals surface area contributed by atoms with Gasteiger partial charge in [0.25, 0.3) is 5.91 Å². The molecule has 0 unspecified atom stereocenters. The van der Waals surface area contributed by atoms with Crippen LogP contribution in [-0.4, -0.2) is 40.1 Å². The fourth-order valence-electron chi connectivity index (χ4n) is 3.82. The highest BCUT2D eigenvalue weighted by atomic mass is 32.2. The van der Waals surface area contributed by atoms with Gasteiger partial charge < -0.3 is 4.90 Å². The van der Waals surface area contributed by atoms with E-state index in [-0.39, 0.29) is 23.4 Å². The van der Waals surface area contributed by atoms with Crippen molar-refractivity contribution in [3.63, 3.8) is 0 Å². The van der Waals surface area contributed by atoms with Gasteiger partial charge in [-0.2, -0.15) is 0 Å². The van der Waals surface area contributed by atoms with Gasteiger partial charge in [0.2, 0.25) is 11.0 Å². The summed E-state index contributed by atoms with van der Waals surface area (Å²) in [6, 6.07) is 23.4. The Balaban J connectivity index is 1.16. The van der Waals surface area contributed by atoms with Gasteiger partial charge in [-0.3, -0.25) is 19.7 Å². The Bertz CT molecular complexity index is 1390. The van der Waals surface area contributed by atoms with E-state index in [0.29, 0.717) is 32.7 Å². The quantitative estimate of drug-likeness (QED) is 0.225. The molecule has 174 valence electrons. The van der Waals surface area contributed by atoms with Gasteiger partial charge in [0, 0.05) is 28.9 Å². The summed E-state index contributed by atoms with van der Waals surface area (Å²) in [4.78, 5) is 39.6. The molecule has 2 amide bonds. The van der Waals surface area contributed by atoms with Crippen molar-refractivity contribution < 1.29 is 14.4 Å². The van der Waals surface area contributed by atoms with E-state index >= 15 is 0 Å². The fraction of sp³-hybridized carbons (Fsp3) is 0.115. The highest BCUT2D eigenvalue weighted by Gasteiger charge is 2.24. The molecular formula is C26H20N4O3S2. The smallest absolute Gasteiger partial charge is 0.257 e. The number of nitrogens with zero attached hydrogens (tertiary/aromatic N) is 3. The van der Waals surface area contributed by atoms with E-state index in [9.17, 15) is 14.4 Å². The van der Waals surface area contributed by atoms with Crippen LogP contribution in [0.2, 0.25) is 0 Å². The molecule has 4 aromatic rings. The molecule has 3 aromatic carbocycles. The molecule has 0 radical (unpaired) electrons. The normalized spacial score (nSPS) is 12.3. The number of carbonyl (C=O) groups excluding carboxylic acids is 3. The number of hydrogen-bond donors (Lipinski definition) is 1. The summed E-state index contributed by atoms with van der Waals surface area (Å²) in [5, 5.41) is 11.2. The number of benzene rings is 3. The molecule has 0 spiro atoms. The van der Waals surface area contributed by atoms with Crippen LogP contribution in [0.3, 0.4) is 0 Å². The first-order chi connectivity index (χ1) is 17.1. The lowest BCUT2D eigenvalue weighted by Gasteiger charge is -2.16. The number of ketones is 1. The zero-order chi connectivity index (χ0) is 24.2. The van der Waals surface area contributed by atoms with Crippen molar-refractivity contribution in [3.05, 3.63) is 101 Å². The number of thioether (sulfide) groups is 1. The van der Waals surface area contributed by atoms with Crippen LogP contribution in [0.25, 0.3) is 0 Å². The van der Waals surface area contributed by atoms with Crippen LogP contribution in [0, 0.1) is 0 Å². The number of amides is 2. The summed E-state index contributed by atoms with van der Waals surface area (Å²) in [5.74, 6) is -0.185. The number of aromatic nitrogens is 2. The maximum atomic E-state index is 12.7. The van der Waals surface area contributed by atoms with E-state index in [1.807, 2.05) is 42.5 Å². The molecule has 0 saturated carbocycles. The van der Waals surface area contributed by atoms with E-state index < -0.39 is 0 Å². The monoisotopic (exact) mass is 500 g/mol. The Labute approximate surface area is 210 Å². The fourth-order valence-corrected chi connectivity index (χ4v) is 5.44. The maximum absolute atomic E-state index is 12.7. The Kier molecular flexibility index (Phi) is 6.69. The molecule has 7 nitrogen and oxygen atoms in total. The van der Waals surface area contributed by atoms with E-state index in [2.05, 4.69) is 15.5 Å². The molecular weight excluding hydrogens is 480 g/mol. The third-order valence-electron chi connectivity index (χ3n) is 5.58. The van der Waals surface area contributed by atoms with E-state index in [1.165, 1.54) is 28.7 Å². The summed E-state index contributed by atoms with van der Waals surface area (Å²) in [7, 11) is 0. The van der Waals surface area contributed by atoms with Crippen LogP contribution in [-0.2, 0) is 11.2 Å². The zero-order valence-corrected chi connectivity index (χ0v) is 20.1. The van der Waals surface area contributed by atoms with E-state index in [1.54, 1.807) is 41.3 Å². The minimum absolute atomic E-state index is 0.0193. The first kappa shape index (κ1) is 22.9. The zero-order valence-electron chi connectivity index (χ0n) is 18.5. The van der Waals surface area contributed by atoms with Crippen LogP contribution in [0.5, 0.6) is 0 Å². The standard InChI is InChI=1S/C26H20N4O3S2/c31-22(30-15-14-17-6-4-5-9-21(17)30)16-34-26-29-28-25(35-26)27-24(33)20-12-10-19(11-13-20)23(32)18-7-2-1-3-8-18/h1-13H,14-16H2,(H,27,28,33). The molecule has 1 aromatic heterocycles. The third kappa shape index (κ3) is 5.16. The molecule has 2 heterocycles. The van der Waals surface area contributed by atoms with Gasteiger partial charge in [-0.25, -0.2) is 0 Å². The van der Waals surface area contributed by atoms with Crippen molar-refractivity contribution in [2.75, 3.05) is 22.5 Å². The molecule has 0 aliphatic carbocycles. The maximum Gasteiger partial charge on any atom is 0.257 e. The second kappa shape index (κ2) is 10.2. The average molecular weight is 501 g/mol. The van der Waals surface area contributed by atoms with Crippen molar-refractivity contribution in [2.24, 2.45) is 0 Å². The van der Waals surface area contributed by atoms with Crippen LogP contribution in [0.1, 0.15) is 31.8 Å². The molecule has 1 aliphatic heterocycles. The first-order valence-electron chi connectivity index (χ1n) is 10.9. The summed E-state index contributed by atoms with van der Waals surface area (Å²) in [6.07, 6.45) is 0.864. The largest absolute Gasteiger partial charge is 0.311 e. The van der Waals surface area contributed by atoms with Gasteiger partial charge in [0.05, 0.1) is 5.75 Å². The van der Waals surface area contributed by atoms with Crippen molar-refractivity contribution in [3.8, 4) is 0 Å². The SMILES string of the molecule is O=C(Nc1nnc(SCC(=O)N2CCc3ccccc32)s1)c1ccc(C(=O)c2ccccc2)cc1. The van der Waals surface area contributed by atoms with Crippen molar-refractivity contribution in [1.29, 1.82) is 0 Å². The molecule has 5 rings (SSSR count). The molecule has 0 atom stereocenters. The van der Waals surface area contributed by atoms with Gasteiger partial charge in [0.1, 0.15) is 0 Å². The second-order valence-electron chi connectivity index (χ2n) is 7.81. The van der Waals surface area contributed by atoms with Crippen molar-refractivity contribution in [2.45, 2.75) is 10.8 Å². The molecule has 35 heavy (non-hydrogen) atoms. The Morgan fingerprint density at radius 1 is 0.857 bits per heavy atom. The molecule has 1 aliphatic rings. The number of fused-ring (bicyclic) bond motifs is 1. The van der Waals surface area contributed by atoms with Gasteiger partial charge in [-0.1, -0.05) is 83.8 Å². The lowest BCUT2D eigenvalue weighted by atomic mass is 10.0. The van der Waals surface area contributed by atoms with E-state index in [0.717, 1.165) is 12.1 Å².